The van der Waals surface area contributed by atoms with Crippen molar-refractivity contribution in [2.75, 3.05) is 13.1 Å². The second kappa shape index (κ2) is 7.68. The summed E-state index contributed by atoms with van der Waals surface area (Å²) in [7, 11) is 0. The summed E-state index contributed by atoms with van der Waals surface area (Å²) in [5.74, 6) is -0.442. The average Bonchev–Trinajstić information content (AvgIpc) is 2.60. The Bertz CT molecular complexity index is 646. The number of rotatable bonds is 4. The van der Waals surface area contributed by atoms with Gasteiger partial charge in [0.1, 0.15) is 0 Å². The molecule has 1 aromatic carbocycles. The maximum absolute atomic E-state index is 12.6. The molecule has 0 spiro atoms. The van der Waals surface area contributed by atoms with Gasteiger partial charge < -0.3 is 10.2 Å². The van der Waals surface area contributed by atoms with Crippen LogP contribution in [0.2, 0.25) is 0 Å². The van der Waals surface area contributed by atoms with Gasteiger partial charge in [-0.2, -0.15) is 13.2 Å². The van der Waals surface area contributed by atoms with Crippen LogP contribution >= 0.6 is 0 Å². The van der Waals surface area contributed by atoms with E-state index >= 15 is 0 Å². The Labute approximate surface area is 151 Å². The highest BCUT2D eigenvalue weighted by molar-refractivity contribution is 5.94. The first kappa shape index (κ1) is 20.3. The zero-order valence-corrected chi connectivity index (χ0v) is 15.3. The number of carbonyl (C=O) groups excluding carboxylic acids is 2. The molecule has 0 aliphatic carbocycles. The Balaban J connectivity index is 1.93. The first-order valence-corrected chi connectivity index (χ1v) is 8.82. The van der Waals surface area contributed by atoms with E-state index in [1.807, 2.05) is 20.8 Å². The normalized spacial score (nSPS) is 16.5. The Morgan fingerprint density at radius 1 is 1.12 bits per heavy atom. The van der Waals surface area contributed by atoms with Crippen molar-refractivity contribution < 1.29 is 22.8 Å². The van der Waals surface area contributed by atoms with Gasteiger partial charge in [0.15, 0.2) is 0 Å². The van der Waals surface area contributed by atoms with Gasteiger partial charge in [-0.1, -0.05) is 6.92 Å². The molecule has 1 fully saturated rings. The van der Waals surface area contributed by atoms with E-state index in [2.05, 4.69) is 5.32 Å². The summed E-state index contributed by atoms with van der Waals surface area (Å²) in [5.41, 5.74) is -0.805. The van der Waals surface area contributed by atoms with Gasteiger partial charge in [-0.3, -0.25) is 9.59 Å². The van der Waals surface area contributed by atoms with Gasteiger partial charge in [0, 0.05) is 30.1 Å². The minimum atomic E-state index is -4.42. The van der Waals surface area contributed by atoms with Crippen LogP contribution in [0, 0.1) is 5.92 Å². The molecule has 0 aromatic heterocycles. The number of amides is 2. The Hall–Kier alpha value is -2.05. The quantitative estimate of drug-likeness (QED) is 0.875. The van der Waals surface area contributed by atoms with Gasteiger partial charge in [-0.15, -0.1) is 0 Å². The highest BCUT2D eigenvalue weighted by Gasteiger charge is 2.32. The van der Waals surface area contributed by atoms with Crippen molar-refractivity contribution in [1.82, 2.24) is 10.2 Å². The van der Waals surface area contributed by atoms with E-state index in [9.17, 15) is 22.8 Å². The van der Waals surface area contributed by atoms with Crippen molar-refractivity contribution in [2.45, 2.75) is 51.7 Å². The number of likely N-dealkylation sites (tertiary alicyclic amines) is 1. The number of alkyl halides is 3. The van der Waals surface area contributed by atoms with Crippen LogP contribution in [-0.4, -0.2) is 35.3 Å². The first-order valence-electron chi connectivity index (χ1n) is 8.82. The molecule has 26 heavy (non-hydrogen) atoms. The predicted molar refractivity (Wildman–Crippen MR) is 92.6 cm³/mol. The summed E-state index contributed by atoms with van der Waals surface area (Å²) in [6.07, 6.45) is -2.49. The summed E-state index contributed by atoms with van der Waals surface area (Å²) in [5, 5.41) is 3.02. The molecule has 0 saturated carbocycles. The molecule has 0 bridgehead atoms. The molecular formula is C19H25F3N2O2. The number of carbonyl (C=O) groups is 2. The van der Waals surface area contributed by atoms with Gasteiger partial charge in [0.25, 0.3) is 5.91 Å². The maximum atomic E-state index is 12.6. The van der Waals surface area contributed by atoms with E-state index in [1.165, 1.54) is 12.1 Å². The minimum Gasteiger partial charge on any atom is -0.351 e. The Morgan fingerprint density at radius 3 is 2.12 bits per heavy atom. The Morgan fingerprint density at radius 2 is 1.65 bits per heavy atom. The second-order valence-electron chi connectivity index (χ2n) is 7.37. The molecular weight excluding hydrogens is 345 g/mol. The smallest absolute Gasteiger partial charge is 0.351 e. The molecule has 1 N–H and O–H groups in total. The van der Waals surface area contributed by atoms with Crippen LogP contribution in [0.5, 0.6) is 0 Å². The van der Waals surface area contributed by atoms with Gasteiger partial charge in [-0.05, 0) is 57.4 Å². The van der Waals surface area contributed by atoms with Crippen molar-refractivity contribution in [3.8, 4) is 0 Å². The lowest BCUT2D eigenvalue weighted by atomic mass is 9.93. The van der Waals surface area contributed by atoms with Crippen LogP contribution in [0.1, 0.15) is 56.0 Å². The molecule has 0 unspecified atom stereocenters. The molecule has 144 valence electrons. The number of halogens is 3. The molecule has 2 amide bonds. The number of nitrogens with one attached hydrogen (secondary N) is 1. The predicted octanol–water partition coefficient (Wildman–Crippen LogP) is 3.86. The standard InChI is InChI=1S/C19H25F3N2O2/c1-4-18(2,3)23-16(25)13-9-11-24(12-10-13)17(26)14-5-7-15(8-6-14)19(20,21)22/h5-8,13H,4,9-12H2,1-3H3,(H,23,25). The molecule has 4 nitrogen and oxygen atoms in total. The Kier molecular flexibility index (Phi) is 5.98. The van der Waals surface area contributed by atoms with Crippen LogP contribution in [-0.2, 0) is 11.0 Å². The third-order valence-electron chi connectivity index (χ3n) is 4.96. The van der Waals surface area contributed by atoms with Gasteiger partial charge in [0.05, 0.1) is 5.56 Å². The summed E-state index contributed by atoms with van der Waals surface area (Å²) in [6, 6.07) is 4.24. The van der Waals surface area contributed by atoms with E-state index in [0.717, 1.165) is 18.6 Å². The lowest BCUT2D eigenvalue weighted by molar-refractivity contribution is -0.137. The lowest BCUT2D eigenvalue weighted by Gasteiger charge is -2.33. The molecule has 1 saturated heterocycles. The zero-order valence-electron chi connectivity index (χ0n) is 15.3. The van der Waals surface area contributed by atoms with E-state index in [-0.39, 0.29) is 28.8 Å². The summed E-state index contributed by atoms with van der Waals surface area (Å²) >= 11 is 0. The van der Waals surface area contributed by atoms with Crippen molar-refractivity contribution in [2.24, 2.45) is 5.92 Å². The number of nitrogens with zero attached hydrogens (tertiary/aromatic N) is 1. The van der Waals surface area contributed by atoms with Crippen molar-refractivity contribution in [1.29, 1.82) is 0 Å². The monoisotopic (exact) mass is 370 g/mol. The third-order valence-corrected chi connectivity index (χ3v) is 4.96. The summed E-state index contributed by atoms with van der Waals surface area (Å²) < 4.78 is 37.8. The van der Waals surface area contributed by atoms with Crippen molar-refractivity contribution in [3.63, 3.8) is 0 Å². The zero-order chi connectivity index (χ0) is 19.5. The van der Waals surface area contributed by atoms with E-state index < -0.39 is 11.7 Å². The fourth-order valence-electron chi connectivity index (χ4n) is 2.85. The number of benzene rings is 1. The number of piperidine rings is 1. The molecule has 0 radical (unpaired) electrons. The molecule has 1 aliphatic rings. The second-order valence-corrected chi connectivity index (χ2v) is 7.37. The topological polar surface area (TPSA) is 49.4 Å². The van der Waals surface area contributed by atoms with Crippen LogP contribution in [0.15, 0.2) is 24.3 Å². The highest BCUT2D eigenvalue weighted by atomic mass is 19.4. The van der Waals surface area contributed by atoms with Crippen LogP contribution in [0.25, 0.3) is 0 Å². The SMILES string of the molecule is CCC(C)(C)NC(=O)C1CCN(C(=O)c2ccc(C(F)(F)F)cc2)CC1. The third kappa shape index (κ3) is 4.99. The number of hydrogen-bond donors (Lipinski definition) is 1. The van der Waals surface area contributed by atoms with Crippen LogP contribution in [0.4, 0.5) is 13.2 Å². The first-order chi connectivity index (χ1) is 12.0. The van der Waals surface area contributed by atoms with E-state index in [1.54, 1.807) is 4.90 Å². The van der Waals surface area contributed by atoms with Crippen molar-refractivity contribution in [3.05, 3.63) is 35.4 Å². The molecule has 7 heteroatoms. The summed E-state index contributed by atoms with van der Waals surface area (Å²) in [4.78, 5) is 26.4. The average molecular weight is 370 g/mol. The van der Waals surface area contributed by atoms with Crippen LogP contribution < -0.4 is 5.32 Å². The number of hydrogen-bond acceptors (Lipinski definition) is 2. The molecule has 2 rings (SSSR count). The molecule has 1 aromatic rings. The lowest BCUT2D eigenvalue weighted by Crippen LogP contribution is -2.48. The molecule has 0 atom stereocenters. The van der Waals surface area contributed by atoms with Gasteiger partial charge in [0.2, 0.25) is 5.91 Å². The fraction of sp³-hybridized carbons (Fsp3) is 0.579. The fourth-order valence-corrected chi connectivity index (χ4v) is 2.85. The van der Waals surface area contributed by atoms with Crippen LogP contribution in [0.3, 0.4) is 0 Å². The van der Waals surface area contributed by atoms with Crippen molar-refractivity contribution >= 4 is 11.8 Å². The summed E-state index contributed by atoms with van der Waals surface area (Å²) in [6.45, 7) is 6.78. The molecule has 1 aliphatic heterocycles. The van der Waals surface area contributed by atoms with E-state index in [0.29, 0.717) is 25.9 Å². The highest BCUT2D eigenvalue weighted by Crippen LogP contribution is 2.29. The minimum absolute atomic E-state index is 0.00141. The van der Waals surface area contributed by atoms with E-state index in [4.69, 9.17) is 0 Å². The maximum Gasteiger partial charge on any atom is 0.416 e. The molecule has 1 heterocycles. The van der Waals surface area contributed by atoms with Gasteiger partial charge in [-0.25, -0.2) is 0 Å². The largest absolute Gasteiger partial charge is 0.416 e. The van der Waals surface area contributed by atoms with Gasteiger partial charge >= 0.3 is 6.18 Å².